The van der Waals surface area contributed by atoms with Gasteiger partial charge in [-0.1, -0.05) is 13.8 Å². The van der Waals surface area contributed by atoms with Gasteiger partial charge in [-0.05, 0) is 5.92 Å². The molecule has 0 bridgehead atoms. The van der Waals surface area contributed by atoms with Gasteiger partial charge in [-0.25, -0.2) is 4.79 Å². The molecule has 110 valence electrons. The molecule has 4 N–H and O–H groups in total. The summed E-state index contributed by atoms with van der Waals surface area (Å²) in [6.07, 6.45) is 0.760. The van der Waals surface area contributed by atoms with E-state index in [-0.39, 0.29) is 24.5 Å². The van der Waals surface area contributed by atoms with Crippen molar-refractivity contribution < 1.29 is 24.6 Å². The average Bonchev–Trinajstić information content (AvgIpc) is 2.32. The molecule has 0 spiro atoms. The standard InChI is InChI=1S/C12H17N3O5/c1-7(2)10(12(19)20)15-6-8(5-13)11(18)14-4-3-9(16)17/h6-7,10,15H,3-4H2,1-2H3,(H,14,18)(H,16,17)(H,19,20)/b8-6-. The van der Waals surface area contributed by atoms with Gasteiger partial charge in [0.15, 0.2) is 0 Å². The Morgan fingerprint density at radius 1 is 1.30 bits per heavy atom. The van der Waals surface area contributed by atoms with Crippen LogP contribution < -0.4 is 10.6 Å². The number of aliphatic carboxylic acids is 2. The van der Waals surface area contributed by atoms with Crippen LogP contribution in [-0.4, -0.2) is 40.6 Å². The maximum absolute atomic E-state index is 11.5. The Labute approximate surface area is 116 Å². The van der Waals surface area contributed by atoms with Crippen molar-refractivity contribution in [1.29, 1.82) is 5.26 Å². The summed E-state index contributed by atoms with van der Waals surface area (Å²) in [6.45, 7) is 3.25. The number of amides is 1. The van der Waals surface area contributed by atoms with E-state index in [0.717, 1.165) is 6.20 Å². The predicted octanol–water partition coefficient (Wildman–Crippen LogP) is -0.316. The van der Waals surface area contributed by atoms with Crippen LogP contribution in [0.5, 0.6) is 0 Å². The Kier molecular flexibility index (Phi) is 7.43. The molecule has 0 aliphatic rings. The Balaban J connectivity index is 4.62. The normalized spacial score (nSPS) is 12.4. The summed E-state index contributed by atoms with van der Waals surface area (Å²) in [5, 5.41) is 30.9. The summed E-state index contributed by atoms with van der Waals surface area (Å²) in [5.74, 6) is -3.16. The first kappa shape index (κ1) is 17.4. The fourth-order valence-electron chi connectivity index (χ4n) is 1.25. The molecule has 0 aromatic carbocycles. The van der Waals surface area contributed by atoms with E-state index in [1.54, 1.807) is 19.9 Å². The number of carbonyl (C=O) groups is 3. The van der Waals surface area contributed by atoms with Crippen LogP contribution in [0.15, 0.2) is 11.8 Å². The van der Waals surface area contributed by atoms with Crippen LogP contribution in [0.4, 0.5) is 0 Å². The van der Waals surface area contributed by atoms with Crippen molar-refractivity contribution in [1.82, 2.24) is 10.6 Å². The lowest BCUT2D eigenvalue weighted by molar-refractivity contribution is -0.140. The first-order chi connectivity index (χ1) is 9.29. The monoisotopic (exact) mass is 283 g/mol. The fraction of sp³-hybridized carbons (Fsp3) is 0.500. The number of hydrogen-bond acceptors (Lipinski definition) is 5. The predicted molar refractivity (Wildman–Crippen MR) is 68.4 cm³/mol. The molecular weight excluding hydrogens is 266 g/mol. The van der Waals surface area contributed by atoms with Crippen LogP contribution in [-0.2, 0) is 14.4 Å². The Hall–Kier alpha value is -2.56. The van der Waals surface area contributed by atoms with Gasteiger partial charge in [0.1, 0.15) is 17.7 Å². The van der Waals surface area contributed by atoms with Crippen LogP contribution in [0.25, 0.3) is 0 Å². The van der Waals surface area contributed by atoms with E-state index >= 15 is 0 Å². The number of carbonyl (C=O) groups excluding carboxylic acids is 1. The van der Waals surface area contributed by atoms with Gasteiger partial charge in [0.25, 0.3) is 5.91 Å². The highest BCUT2D eigenvalue weighted by Gasteiger charge is 2.20. The molecular formula is C12H17N3O5. The third-order valence-corrected chi connectivity index (χ3v) is 2.33. The molecule has 0 heterocycles. The Morgan fingerprint density at radius 3 is 2.30 bits per heavy atom. The second-order valence-corrected chi connectivity index (χ2v) is 4.30. The maximum atomic E-state index is 11.5. The lowest BCUT2D eigenvalue weighted by Gasteiger charge is -2.16. The molecule has 0 aromatic heterocycles. The summed E-state index contributed by atoms with van der Waals surface area (Å²) >= 11 is 0. The summed E-state index contributed by atoms with van der Waals surface area (Å²) in [4.78, 5) is 32.7. The fourth-order valence-corrected chi connectivity index (χ4v) is 1.25. The lowest BCUT2D eigenvalue weighted by atomic mass is 10.1. The minimum atomic E-state index is -1.10. The SMILES string of the molecule is CC(C)C(N/C=C(/C#N)C(=O)NCCC(=O)O)C(=O)O. The molecule has 0 aromatic rings. The zero-order valence-electron chi connectivity index (χ0n) is 11.2. The molecule has 0 saturated heterocycles. The number of carboxylic acid groups (broad SMARTS) is 2. The number of hydrogen-bond donors (Lipinski definition) is 4. The van der Waals surface area contributed by atoms with E-state index in [1.807, 2.05) is 0 Å². The molecule has 0 saturated carbocycles. The molecule has 0 radical (unpaired) electrons. The second-order valence-electron chi connectivity index (χ2n) is 4.30. The van der Waals surface area contributed by atoms with Gasteiger partial charge in [-0.3, -0.25) is 9.59 Å². The van der Waals surface area contributed by atoms with Crippen molar-refractivity contribution in [3.8, 4) is 6.07 Å². The average molecular weight is 283 g/mol. The van der Waals surface area contributed by atoms with Crippen molar-refractivity contribution in [2.45, 2.75) is 26.3 Å². The third kappa shape index (κ3) is 6.39. The molecule has 8 heteroatoms. The quantitative estimate of drug-likeness (QED) is 0.353. The number of nitriles is 1. The summed E-state index contributed by atoms with van der Waals surface area (Å²) < 4.78 is 0. The first-order valence-corrected chi connectivity index (χ1v) is 5.88. The van der Waals surface area contributed by atoms with Gasteiger partial charge in [-0.2, -0.15) is 5.26 Å². The van der Waals surface area contributed by atoms with Gasteiger partial charge in [0.2, 0.25) is 0 Å². The van der Waals surface area contributed by atoms with Gasteiger partial charge in [0.05, 0.1) is 6.42 Å². The first-order valence-electron chi connectivity index (χ1n) is 5.88. The van der Waals surface area contributed by atoms with Crippen LogP contribution in [0, 0.1) is 17.2 Å². The van der Waals surface area contributed by atoms with Crippen LogP contribution >= 0.6 is 0 Å². The van der Waals surface area contributed by atoms with Crippen molar-refractivity contribution >= 4 is 17.8 Å². The number of nitrogens with one attached hydrogen (secondary N) is 2. The minimum absolute atomic E-state index is 0.111. The van der Waals surface area contributed by atoms with Crippen molar-refractivity contribution in [3.05, 3.63) is 11.8 Å². The van der Waals surface area contributed by atoms with E-state index in [1.165, 1.54) is 0 Å². The smallest absolute Gasteiger partial charge is 0.326 e. The van der Waals surface area contributed by atoms with E-state index in [9.17, 15) is 14.4 Å². The number of nitrogens with zero attached hydrogens (tertiary/aromatic N) is 1. The lowest BCUT2D eigenvalue weighted by Crippen LogP contribution is -2.38. The highest BCUT2D eigenvalue weighted by Crippen LogP contribution is 2.02. The van der Waals surface area contributed by atoms with Gasteiger partial charge >= 0.3 is 11.9 Å². The van der Waals surface area contributed by atoms with E-state index in [4.69, 9.17) is 15.5 Å². The molecule has 1 unspecified atom stereocenters. The number of carboxylic acids is 2. The zero-order chi connectivity index (χ0) is 15.7. The molecule has 8 nitrogen and oxygen atoms in total. The molecule has 1 amide bonds. The van der Waals surface area contributed by atoms with E-state index in [0.29, 0.717) is 0 Å². The van der Waals surface area contributed by atoms with Crippen molar-refractivity contribution in [2.24, 2.45) is 5.92 Å². The van der Waals surface area contributed by atoms with Gasteiger partial charge in [0, 0.05) is 12.7 Å². The summed E-state index contributed by atoms with van der Waals surface area (Å²) in [6, 6.07) is 0.694. The summed E-state index contributed by atoms with van der Waals surface area (Å²) in [7, 11) is 0. The molecule has 0 fully saturated rings. The van der Waals surface area contributed by atoms with Crippen molar-refractivity contribution in [2.75, 3.05) is 6.54 Å². The summed E-state index contributed by atoms with van der Waals surface area (Å²) in [5.41, 5.74) is -0.317. The van der Waals surface area contributed by atoms with Crippen LogP contribution in [0.3, 0.4) is 0 Å². The highest BCUT2D eigenvalue weighted by molar-refractivity contribution is 5.97. The van der Waals surface area contributed by atoms with Gasteiger partial charge < -0.3 is 20.8 Å². The highest BCUT2D eigenvalue weighted by atomic mass is 16.4. The molecule has 1 atom stereocenters. The van der Waals surface area contributed by atoms with Crippen LogP contribution in [0.2, 0.25) is 0 Å². The van der Waals surface area contributed by atoms with Crippen LogP contribution in [0.1, 0.15) is 20.3 Å². The van der Waals surface area contributed by atoms with Crippen molar-refractivity contribution in [3.63, 3.8) is 0 Å². The molecule has 0 rings (SSSR count). The topological polar surface area (TPSA) is 140 Å². The largest absolute Gasteiger partial charge is 0.481 e. The van der Waals surface area contributed by atoms with E-state index < -0.39 is 23.9 Å². The zero-order valence-corrected chi connectivity index (χ0v) is 11.2. The van der Waals surface area contributed by atoms with Gasteiger partial charge in [-0.15, -0.1) is 0 Å². The Morgan fingerprint density at radius 2 is 1.90 bits per heavy atom. The Bertz CT molecular complexity index is 450. The number of rotatable bonds is 8. The molecule has 0 aliphatic heterocycles. The van der Waals surface area contributed by atoms with E-state index in [2.05, 4.69) is 10.6 Å². The minimum Gasteiger partial charge on any atom is -0.481 e. The molecule has 20 heavy (non-hydrogen) atoms. The molecule has 0 aliphatic carbocycles. The third-order valence-electron chi connectivity index (χ3n) is 2.33. The maximum Gasteiger partial charge on any atom is 0.326 e. The second kappa shape index (κ2) is 8.53.